The lowest BCUT2D eigenvalue weighted by Crippen LogP contribution is -2.42. The van der Waals surface area contributed by atoms with Crippen molar-refractivity contribution in [3.05, 3.63) is 29.6 Å². The van der Waals surface area contributed by atoms with E-state index >= 15 is 0 Å². The van der Waals surface area contributed by atoms with Gasteiger partial charge in [-0.3, -0.25) is 9.88 Å². The number of thioether (sulfide) groups is 1. The molecule has 104 valence electrons. The molecule has 0 unspecified atom stereocenters. The van der Waals surface area contributed by atoms with Gasteiger partial charge in [0, 0.05) is 36.3 Å². The molecule has 1 fully saturated rings. The lowest BCUT2D eigenvalue weighted by atomic mass is 10.1. The first kappa shape index (κ1) is 14.3. The zero-order valence-corrected chi connectivity index (χ0v) is 12.5. The summed E-state index contributed by atoms with van der Waals surface area (Å²) in [7, 11) is 1.38. The molecule has 0 spiro atoms. The predicted molar refractivity (Wildman–Crippen MR) is 77.4 cm³/mol. The third-order valence-electron chi connectivity index (χ3n) is 3.14. The van der Waals surface area contributed by atoms with Crippen LogP contribution >= 0.6 is 11.8 Å². The number of pyridine rings is 1. The molecule has 2 rings (SSSR count). The van der Waals surface area contributed by atoms with Crippen LogP contribution < -0.4 is 0 Å². The van der Waals surface area contributed by atoms with Gasteiger partial charge in [0.15, 0.2) is 0 Å². The summed E-state index contributed by atoms with van der Waals surface area (Å²) in [4.78, 5) is 18.1. The second-order valence-electron chi connectivity index (χ2n) is 5.35. The normalized spacial score (nSPS) is 19.1. The SMILES string of the molecule is COC(=O)c1ccc(CN2CCSC(C)(C)C2)nc1. The molecule has 1 aliphatic heterocycles. The van der Waals surface area contributed by atoms with E-state index in [2.05, 4.69) is 28.5 Å². The highest BCUT2D eigenvalue weighted by Gasteiger charge is 2.26. The third-order valence-corrected chi connectivity index (χ3v) is 4.43. The molecule has 1 aromatic heterocycles. The van der Waals surface area contributed by atoms with Crippen LogP contribution in [0.15, 0.2) is 18.3 Å². The summed E-state index contributed by atoms with van der Waals surface area (Å²) in [5.41, 5.74) is 1.50. The van der Waals surface area contributed by atoms with Gasteiger partial charge in [0.05, 0.1) is 18.4 Å². The summed E-state index contributed by atoms with van der Waals surface area (Å²) in [6.45, 7) is 7.55. The summed E-state index contributed by atoms with van der Waals surface area (Å²) in [5, 5.41) is 0. The molecule has 4 nitrogen and oxygen atoms in total. The van der Waals surface area contributed by atoms with E-state index < -0.39 is 0 Å². The van der Waals surface area contributed by atoms with Crippen LogP contribution in [0, 0.1) is 0 Å². The Balaban J connectivity index is 1.98. The van der Waals surface area contributed by atoms with Crippen molar-refractivity contribution in [2.75, 3.05) is 26.0 Å². The number of ether oxygens (including phenoxy) is 1. The van der Waals surface area contributed by atoms with Gasteiger partial charge >= 0.3 is 5.97 Å². The first-order valence-electron chi connectivity index (χ1n) is 6.40. The van der Waals surface area contributed by atoms with Gasteiger partial charge in [-0.25, -0.2) is 4.79 Å². The Morgan fingerprint density at radius 3 is 2.89 bits per heavy atom. The van der Waals surface area contributed by atoms with Gasteiger partial charge in [0.2, 0.25) is 0 Å². The maximum Gasteiger partial charge on any atom is 0.339 e. The summed E-state index contributed by atoms with van der Waals surface area (Å²) < 4.78 is 4.97. The van der Waals surface area contributed by atoms with Crippen molar-refractivity contribution < 1.29 is 9.53 Å². The highest BCUT2D eigenvalue weighted by Crippen LogP contribution is 2.29. The monoisotopic (exact) mass is 280 g/mol. The van der Waals surface area contributed by atoms with Crippen molar-refractivity contribution in [1.82, 2.24) is 9.88 Å². The predicted octanol–water partition coefficient (Wildman–Crippen LogP) is 2.20. The third kappa shape index (κ3) is 3.94. The molecule has 0 saturated carbocycles. The summed E-state index contributed by atoms with van der Waals surface area (Å²) >= 11 is 2.02. The summed E-state index contributed by atoms with van der Waals surface area (Å²) in [6, 6.07) is 3.68. The van der Waals surface area contributed by atoms with Crippen molar-refractivity contribution in [1.29, 1.82) is 0 Å². The Labute approximate surface area is 118 Å². The molecule has 0 radical (unpaired) electrons. The van der Waals surface area contributed by atoms with Crippen LogP contribution in [0.25, 0.3) is 0 Å². The zero-order valence-electron chi connectivity index (χ0n) is 11.7. The van der Waals surface area contributed by atoms with Gasteiger partial charge in [0.1, 0.15) is 0 Å². The van der Waals surface area contributed by atoms with Crippen molar-refractivity contribution in [3.63, 3.8) is 0 Å². The van der Waals surface area contributed by atoms with Crippen molar-refractivity contribution >= 4 is 17.7 Å². The summed E-state index contributed by atoms with van der Waals surface area (Å²) in [6.07, 6.45) is 1.59. The number of hydrogen-bond donors (Lipinski definition) is 0. The molecular formula is C14H20N2O2S. The molecule has 19 heavy (non-hydrogen) atoms. The van der Waals surface area contributed by atoms with Crippen LogP contribution in [0.1, 0.15) is 29.9 Å². The van der Waals surface area contributed by atoms with E-state index in [4.69, 9.17) is 0 Å². The lowest BCUT2D eigenvalue weighted by Gasteiger charge is -2.37. The minimum Gasteiger partial charge on any atom is -0.465 e. The van der Waals surface area contributed by atoms with Gasteiger partial charge in [-0.15, -0.1) is 0 Å². The van der Waals surface area contributed by atoms with E-state index in [9.17, 15) is 4.79 Å². The number of methoxy groups -OCH3 is 1. The van der Waals surface area contributed by atoms with Crippen LogP contribution in [0.2, 0.25) is 0 Å². The Morgan fingerprint density at radius 1 is 1.53 bits per heavy atom. The van der Waals surface area contributed by atoms with Gasteiger partial charge in [-0.2, -0.15) is 11.8 Å². The van der Waals surface area contributed by atoms with Crippen LogP contribution in [-0.2, 0) is 11.3 Å². The van der Waals surface area contributed by atoms with E-state index in [1.807, 2.05) is 17.8 Å². The quantitative estimate of drug-likeness (QED) is 0.794. The van der Waals surface area contributed by atoms with Gasteiger partial charge < -0.3 is 4.74 Å². The maximum absolute atomic E-state index is 11.3. The molecule has 5 heteroatoms. The van der Waals surface area contributed by atoms with E-state index in [0.29, 0.717) is 10.3 Å². The van der Waals surface area contributed by atoms with Crippen molar-refractivity contribution in [2.24, 2.45) is 0 Å². The number of hydrogen-bond acceptors (Lipinski definition) is 5. The number of esters is 1. The van der Waals surface area contributed by atoms with Gasteiger partial charge in [0.25, 0.3) is 0 Å². The van der Waals surface area contributed by atoms with Crippen LogP contribution in [0.3, 0.4) is 0 Å². The molecule has 0 atom stereocenters. The maximum atomic E-state index is 11.3. The molecular weight excluding hydrogens is 260 g/mol. The van der Waals surface area contributed by atoms with E-state index in [-0.39, 0.29) is 5.97 Å². The lowest BCUT2D eigenvalue weighted by molar-refractivity contribution is 0.0600. The number of aromatic nitrogens is 1. The molecule has 1 saturated heterocycles. The standard InChI is InChI=1S/C14H20N2O2S/c1-14(2)10-16(6-7-19-14)9-12-5-4-11(8-15-12)13(17)18-3/h4-5,8H,6-7,9-10H2,1-3H3. The second kappa shape index (κ2) is 5.92. The molecule has 0 aliphatic carbocycles. The number of rotatable bonds is 3. The fraction of sp³-hybridized carbons (Fsp3) is 0.571. The molecule has 0 amide bonds. The number of carbonyl (C=O) groups is 1. The topological polar surface area (TPSA) is 42.4 Å². The molecule has 0 aromatic carbocycles. The fourth-order valence-corrected chi connectivity index (χ4v) is 3.41. The molecule has 2 heterocycles. The van der Waals surface area contributed by atoms with E-state index in [0.717, 1.165) is 31.1 Å². The number of carbonyl (C=O) groups excluding carboxylic acids is 1. The highest BCUT2D eigenvalue weighted by atomic mass is 32.2. The van der Waals surface area contributed by atoms with Crippen LogP contribution in [-0.4, -0.2) is 46.6 Å². The molecule has 1 aliphatic rings. The largest absolute Gasteiger partial charge is 0.465 e. The highest BCUT2D eigenvalue weighted by molar-refractivity contribution is 8.00. The fourth-order valence-electron chi connectivity index (χ4n) is 2.23. The first-order chi connectivity index (χ1) is 9.00. The Kier molecular flexibility index (Phi) is 4.47. The average Bonchev–Trinajstić information content (AvgIpc) is 2.37. The molecule has 1 aromatic rings. The zero-order chi connectivity index (χ0) is 13.9. The minimum atomic E-state index is -0.338. The molecule has 0 N–H and O–H groups in total. The first-order valence-corrected chi connectivity index (χ1v) is 7.38. The van der Waals surface area contributed by atoms with E-state index in [1.165, 1.54) is 7.11 Å². The Bertz CT molecular complexity index is 445. The summed E-state index contributed by atoms with van der Waals surface area (Å²) in [5.74, 6) is 0.822. The minimum absolute atomic E-state index is 0.310. The van der Waals surface area contributed by atoms with Crippen LogP contribution in [0.5, 0.6) is 0 Å². The number of nitrogens with zero attached hydrogens (tertiary/aromatic N) is 2. The van der Waals surface area contributed by atoms with Crippen LogP contribution in [0.4, 0.5) is 0 Å². The smallest absolute Gasteiger partial charge is 0.339 e. The molecule has 0 bridgehead atoms. The second-order valence-corrected chi connectivity index (χ2v) is 7.15. The van der Waals surface area contributed by atoms with Gasteiger partial charge in [-0.1, -0.05) is 0 Å². The average molecular weight is 280 g/mol. The van der Waals surface area contributed by atoms with Crippen molar-refractivity contribution in [3.8, 4) is 0 Å². The Hall–Kier alpha value is -1.07. The van der Waals surface area contributed by atoms with Crippen molar-refractivity contribution in [2.45, 2.75) is 25.1 Å². The van der Waals surface area contributed by atoms with Gasteiger partial charge in [-0.05, 0) is 26.0 Å². The Morgan fingerprint density at radius 2 is 2.32 bits per heavy atom. The van der Waals surface area contributed by atoms with E-state index in [1.54, 1.807) is 12.3 Å².